The fourth-order valence-corrected chi connectivity index (χ4v) is 5.20. The summed E-state index contributed by atoms with van der Waals surface area (Å²) >= 11 is -1.36. The lowest BCUT2D eigenvalue weighted by Crippen LogP contribution is -2.32. The third kappa shape index (κ3) is 6.03. The van der Waals surface area contributed by atoms with E-state index in [-0.39, 0.29) is 11.8 Å². The molecule has 0 aliphatic carbocycles. The number of nitrogens with zero attached hydrogens (tertiary/aromatic N) is 3. The number of aryl methyl sites for hydroxylation is 1. The number of aromatic nitrogens is 2. The first-order valence-corrected chi connectivity index (χ1v) is 13.0. The van der Waals surface area contributed by atoms with Crippen LogP contribution in [0.15, 0.2) is 71.0 Å². The van der Waals surface area contributed by atoms with Gasteiger partial charge in [0.15, 0.2) is 0 Å². The molecule has 6 nitrogen and oxygen atoms in total. The molecule has 1 fully saturated rings. The summed E-state index contributed by atoms with van der Waals surface area (Å²) in [4.78, 5) is 23.1. The number of carbonyl (C=O) groups excluding carboxylic acids is 1. The van der Waals surface area contributed by atoms with E-state index in [1.807, 2.05) is 50.4 Å². The van der Waals surface area contributed by atoms with Crippen LogP contribution in [0.5, 0.6) is 0 Å². The SMILES string of the molecule is Cc1ccc(NC(=O)C(C)C)cc1C1CCN(Cc2ccc([S+]([O-])c3ccccn3)nc2)CC1. The van der Waals surface area contributed by atoms with Crippen LogP contribution in [0.3, 0.4) is 0 Å². The summed E-state index contributed by atoms with van der Waals surface area (Å²) in [6.45, 7) is 8.81. The molecular formula is C27H32N4O2S. The number of piperidine rings is 1. The summed E-state index contributed by atoms with van der Waals surface area (Å²) in [5.74, 6) is 0.508. The number of hydrogen-bond donors (Lipinski definition) is 1. The van der Waals surface area contributed by atoms with E-state index < -0.39 is 11.2 Å². The lowest BCUT2D eigenvalue weighted by molar-refractivity contribution is -0.118. The van der Waals surface area contributed by atoms with Gasteiger partial charge in [0.2, 0.25) is 5.91 Å². The molecule has 1 aliphatic rings. The van der Waals surface area contributed by atoms with Crippen molar-refractivity contribution in [1.82, 2.24) is 14.9 Å². The lowest BCUT2D eigenvalue weighted by Gasteiger charge is -2.33. The highest BCUT2D eigenvalue weighted by molar-refractivity contribution is 7.91. The van der Waals surface area contributed by atoms with E-state index in [0.717, 1.165) is 43.7 Å². The van der Waals surface area contributed by atoms with Gasteiger partial charge in [-0.15, -0.1) is 0 Å². The van der Waals surface area contributed by atoms with Gasteiger partial charge in [-0.1, -0.05) is 26.0 Å². The third-order valence-electron chi connectivity index (χ3n) is 6.32. The Bertz CT molecular complexity index is 1100. The minimum absolute atomic E-state index is 0.0356. The van der Waals surface area contributed by atoms with Gasteiger partial charge in [-0.2, -0.15) is 0 Å². The first-order chi connectivity index (χ1) is 16.4. The predicted molar refractivity (Wildman–Crippen MR) is 135 cm³/mol. The van der Waals surface area contributed by atoms with Crippen molar-refractivity contribution in [1.29, 1.82) is 0 Å². The molecule has 1 atom stereocenters. The molecule has 0 radical (unpaired) electrons. The fourth-order valence-electron chi connectivity index (χ4n) is 4.28. The zero-order valence-electron chi connectivity index (χ0n) is 20.0. The number of benzene rings is 1. The zero-order chi connectivity index (χ0) is 24.1. The summed E-state index contributed by atoms with van der Waals surface area (Å²) in [5, 5.41) is 4.08. The van der Waals surface area contributed by atoms with Gasteiger partial charge >= 0.3 is 0 Å². The van der Waals surface area contributed by atoms with Gasteiger partial charge in [-0.05, 0) is 79.7 Å². The summed E-state index contributed by atoms with van der Waals surface area (Å²) in [6.07, 6.45) is 5.63. The number of nitrogens with one attached hydrogen (secondary N) is 1. The summed E-state index contributed by atoms with van der Waals surface area (Å²) in [7, 11) is 0. The molecule has 34 heavy (non-hydrogen) atoms. The molecule has 1 saturated heterocycles. The summed E-state index contributed by atoms with van der Waals surface area (Å²) in [6, 6.07) is 15.5. The molecule has 2 aromatic heterocycles. The smallest absolute Gasteiger partial charge is 0.251 e. The highest BCUT2D eigenvalue weighted by Gasteiger charge is 2.23. The van der Waals surface area contributed by atoms with Crippen LogP contribution < -0.4 is 5.32 Å². The molecular weight excluding hydrogens is 444 g/mol. The number of rotatable bonds is 7. The van der Waals surface area contributed by atoms with Gasteiger partial charge in [0.05, 0.1) is 11.2 Å². The van der Waals surface area contributed by atoms with Gasteiger partial charge in [-0.3, -0.25) is 9.69 Å². The molecule has 1 aliphatic heterocycles. The first-order valence-electron chi connectivity index (χ1n) is 11.8. The quantitative estimate of drug-likeness (QED) is 0.489. The zero-order valence-corrected chi connectivity index (χ0v) is 20.8. The molecule has 1 unspecified atom stereocenters. The maximum Gasteiger partial charge on any atom is 0.251 e. The van der Waals surface area contributed by atoms with Crippen LogP contribution in [-0.2, 0) is 22.5 Å². The summed E-state index contributed by atoms with van der Waals surface area (Å²) in [5.41, 5.74) is 4.62. The van der Waals surface area contributed by atoms with Crippen LogP contribution in [0, 0.1) is 12.8 Å². The van der Waals surface area contributed by atoms with Crippen LogP contribution in [0.2, 0.25) is 0 Å². The Labute approximate surface area is 205 Å². The van der Waals surface area contributed by atoms with E-state index in [4.69, 9.17) is 0 Å². The standard InChI is InChI=1S/C27H32N4O2S/c1-19(2)27(32)30-23-9-7-20(3)24(16-23)22-11-14-31(15-12-22)18-21-8-10-26(29-17-21)34(33)25-6-4-5-13-28-25/h4-10,13,16-17,19,22H,11-12,14-15,18H2,1-3H3,(H,30,32). The van der Waals surface area contributed by atoms with Crippen molar-refractivity contribution in [2.75, 3.05) is 18.4 Å². The normalized spacial score (nSPS) is 15.9. The Morgan fingerprint density at radius 3 is 2.53 bits per heavy atom. The van der Waals surface area contributed by atoms with Crippen LogP contribution in [0.4, 0.5) is 5.69 Å². The number of pyridine rings is 2. The maximum absolute atomic E-state index is 12.6. The molecule has 1 N–H and O–H groups in total. The van der Waals surface area contributed by atoms with Crippen LogP contribution in [-0.4, -0.2) is 38.4 Å². The van der Waals surface area contributed by atoms with Crippen LogP contribution >= 0.6 is 0 Å². The predicted octanol–water partition coefficient (Wildman–Crippen LogP) is 4.93. The maximum atomic E-state index is 12.6. The van der Waals surface area contributed by atoms with Gasteiger partial charge in [-0.25, -0.2) is 9.97 Å². The van der Waals surface area contributed by atoms with Crippen molar-refractivity contribution in [3.63, 3.8) is 0 Å². The van der Waals surface area contributed by atoms with E-state index in [2.05, 4.69) is 39.2 Å². The molecule has 0 bridgehead atoms. The Hall–Kier alpha value is -2.74. The monoisotopic (exact) mass is 476 g/mol. The second-order valence-corrected chi connectivity index (χ2v) is 10.6. The van der Waals surface area contributed by atoms with Crippen molar-refractivity contribution in [3.8, 4) is 0 Å². The largest absolute Gasteiger partial charge is 0.604 e. The van der Waals surface area contributed by atoms with E-state index in [1.54, 1.807) is 12.3 Å². The topological polar surface area (TPSA) is 81.2 Å². The molecule has 178 valence electrons. The Morgan fingerprint density at radius 2 is 1.88 bits per heavy atom. The van der Waals surface area contributed by atoms with Crippen LogP contribution in [0.1, 0.15) is 49.3 Å². The third-order valence-corrected chi connectivity index (χ3v) is 7.56. The highest BCUT2D eigenvalue weighted by atomic mass is 32.2. The van der Waals surface area contributed by atoms with Gasteiger partial charge in [0, 0.05) is 42.7 Å². The van der Waals surface area contributed by atoms with E-state index in [9.17, 15) is 9.35 Å². The Kier molecular flexibility index (Phi) is 7.98. The van der Waals surface area contributed by atoms with Gasteiger partial charge in [0.1, 0.15) is 0 Å². The molecule has 0 saturated carbocycles. The average Bonchev–Trinajstić information content (AvgIpc) is 2.86. The second-order valence-electron chi connectivity index (χ2n) is 9.21. The molecule has 7 heteroatoms. The summed E-state index contributed by atoms with van der Waals surface area (Å²) < 4.78 is 12.6. The first kappa shape index (κ1) is 24.4. The molecule has 3 heterocycles. The van der Waals surface area contributed by atoms with Crippen LogP contribution in [0.25, 0.3) is 0 Å². The molecule has 3 aromatic rings. The minimum atomic E-state index is -1.36. The average molecular weight is 477 g/mol. The number of amides is 1. The van der Waals surface area contributed by atoms with Crippen molar-refractivity contribution < 1.29 is 9.35 Å². The molecule has 4 rings (SSSR count). The number of anilines is 1. The van der Waals surface area contributed by atoms with E-state index in [1.165, 1.54) is 11.1 Å². The minimum Gasteiger partial charge on any atom is -0.604 e. The molecule has 1 aromatic carbocycles. The van der Waals surface area contributed by atoms with E-state index in [0.29, 0.717) is 16.0 Å². The Morgan fingerprint density at radius 1 is 1.12 bits per heavy atom. The lowest BCUT2D eigenvalue weighted by atomic mass is 9.86. The van der Waals surface area contributed by atoms with E-state index >= 15 is 0 Å². The second kappa shape index (κ2) is 11.1. The van der Waals surface area contributed by atoms with Gasteiger partial charge < -0.3 is 9.87 Å². The van der Waals surface area contributed by atoms with Crippen molar-refractivity contribution >= 4 is 22.8 Å². The Balaban J connectivity index is 1.33. The van der Waals surface area contributed by atoms with Gasteiger partial charge in [0.25, 0.3) is 10.1 Å². The molecule has 1 amide bonds. The number of likely N-dealkylation sites (tertiary alicyclic amines) is 1. The van der Waals surface area contributed by atoms with Crippen molar-refractivity contribution in [2.24, 2.45) is 5.92 Å². The molecule has 0 spiro atoms. The number of carbonyl (C=O) groups is 1. The number of hydrogen-bond acceptors (Lipinski definition) is 5. The highest BCUT2D eigenvalue weighted by Crippen LogP contribution is 2.32. The van der Waals surface area contributed by atoms with Crippen molar-refractivity contribution in [3.05, 3.63) is 77.6 Å². The van der Waals surface area contributed by atoms with Crippen molar-refractivity contribution in [2.45, 2.75) is 56.1 Å². The fraction of sp³-hybridized carbons (Fsp3) is 0.370.